The Hall–Kier alpha value is -3.20. The second kappa shape index (κ2) is 6.36. The zero-order chi connectivity index (χ0) is 17.2. The summed E-state index contributed by atoms with van der Waals surface area (Å²) in [4.78, 5) is 17.5. The number of Topliss-reactive ketones (excluding diaryl/α,β-unsaturated/α-hetero) is 1. The van der Waals surface area contributed by atoms with Crippen LogP contribution in [0.4, 0.5) is 0 Å². The third kappa shape index (κ3) is 2.85. The molecule has 1 heterocycles. The molecule has 0 N–H and O–H groups in total. The normalized spacial score (nSPS) is 10.9. The summed E-state index contributed by atoms with van der Waals surface area (Å²) >= 11 is 0. The molecule has 0 amide bonds. The maximum Gasteiger partial charge on any atom is 0.168 e. The molecule has 0 radical (unpaired) electrons. The molecule has 0 saturated heterocycles. The summed E-state index contributed by atoms with van der Waals surface area (Å²) in [6, 6.07) is 23.4. The number of methoxy groups -OCH3 is 1. The van der Waals surface area contributed by atoms with Crippen molar-refractivity contribution in [2.75, 3.05) is 7.11 Å². The van der Waals surface area contributed by atoms with E-state index in [2.05, 4.69) is 12.1 Å². The number of aromatic nitrogens is 1. The first-order chi connectivity index (χ1) is 12.3. The molecule has 25 heavy (non-hydrogen) atoms. The van der Waals surface area contributed by atoms with Crippen LogP contribution >= 0.6 is 0 Å². The molecule has 3 aromatic carbocycles. The number of carbonyl (C=O) groups is 1. The number of nitrogens with zero attached hydrogens (tertiary/aromatic N) is 1. The SMILES string of the molecule is COc1ccc(C(=O)Cc2nc3ccccc3c3ccccc23)cc1. The minimum Gasteiger partial charge on any atom is -0.497 e. The van der Waals surface area contributed by atoms with Gasteiger partial charge in [-0.2, -0.15) is 0 Å². The topological polar surface area (TPSA) is 39.2 Å². The molecule has 1 aromatic heterocycles. The fourth-order valence-electron chi connectivity index (χ4n) is 3.14. The van der Waals surface area contributed by atoms with Crippen LogP contribution in [0.25, 0.3) is 21.7 Å². The number of hydrogen-bond donors (Lipinski definition) is 0. The van der Waals surface area contributed by atoms with Gasteiger partial charge >= 0.3 is 0 Å². The Balaban J connectivity index is 1.78. The van der Waals surface area contributed by atoms with Crippen molar-refractivity contribution in [3.8, 4) is 5.75 Å². The van der Waals surface area contributed by atoms with Gasteiger partial charge in [0.1, 0.15) is 5.75 Å². The van der Waals surface area contributed by atoms with Crippen molar-refractivity contribution in [3.63, 3.8) is 0 Å². The van der Waals surface area contributed by atoms with Crippen LogP contribution in [0, 0.1) is 0 Å². The van der Waals surface area contributed by atoms with E-state index in [1.807, 2.05) is 36.4 Å². The fraction of sp³-hybridized carbons (Fsp3) is 0.0909. The van der Waals surface area contributed by atoms with Gasteiger partial charge in [0, 0.05) is 16.3 Å². The van der Waals surface area contributed by atoms with E-state index in [0.29, 0.717) is 5.56 Å². The molecular weight excluding hydrogens is 310 g/mol. The summed E-state index contributed by atoms with van der Waals surface area (Å²) in [6.45, 7) is 0. The smallest absolute Gasteiger partial charge is 0.168 e. The van der Waals surface area contributed by atoms with Crippen LogP contribution in [0.15, 0.2) is 72.8 Å². The molecule has 0 spiro atoms. The van der Waals surface area contributed by atoms with E-state index in [1.165, 1.54) is 0 Å². The number of benzene rings is 3. The van der Waals surface area contributed by atoms with Gasteiger partial charge in [-0.1, -0.05) is 42.5 Å². The maximum atomic E-state index is 12.7. The van der Waals surface area contributed by atoms with E-state index < -0.39 is 0 Å². The third-order valence-electron chi connectivity index (χ3n) is 4.43. The van der Waals surface area contributed by atoms with Crippen molar-refractivity contribution in [1.29, 1.82) is 0 Å². The van der Waals surface area contributed by atoms with Gasteiger partial charge in [0.15, 0.2) is 5.78 Å². The summed E-state index contributed by atoms with van der Waals surface area (Å²) in [5.74, 6) is 0.793. The molecule has 0 aliphatic heterocycles. The summed E-state index contributed by atoms with van der Waals surface area (Å²) < 4.78 is 5.15. The van der Waals surface area contributed by atoms with Gasteiger partial charge in [-0.3, -0.25) is 9.78 Å². The van der Waals surface area contributed by atoms with Gasteiger partial charge in [0.2, 0.25) is 0 Å². The minimum absolute atomic E-state index is 0.0515. The highest BCUT2D eigenvalue weighted by atomic mass is 16.5. The highest BCUT2D eigenvalue weighted by molar-refractivity contribution is 6.08. The van der Waals surface area contributed by atoms with E-state index >= 15 is 0 Å². The molecule has 4 rings (SSSR count). The summed E-state index contributed by atoms with van der Waals surface area (Å²) in [5.41, 5.74) is 2.40. The Labute approximate surface area is 145 Å². The van der Waals surface area contributed by atoms with E-state index in [9.17, 15) is 4.79 Å². The van der Waals surface area contributed by atoms with Crippen molar-refractivity contribution in [1.82, 2.24) is 4.98 Å². The van der Waals surface area contributed by atoms with Crippen LogP contribution in [0.1, 0.15) is 16.1 Å². The molecule has 0 unspecified atom stereocenters. The molecular formula is C22H17NO2. The number of carbonyl (C=O) groups excluding carboxylic acids is 1. The van der Waals surface area contributed by atoms with Gasteiger partial charge in [-0.05, 0) is 35.7 Å². The Kier molecular flexibility index (Phi) is 3.90. The summed E-state index contributed by atoms with van der Waals surface area (Å²) in [6.07, 6.45) is 0.275. The van der Waals surface area contributed by atoms with E-state index in [4.69, 9.17) is 9.72 Å². The van der Waals surface area contributed by atoms with Crippen LogP contribution in [0.3, 0.4) is 0 Å². The lowest BCUT2D eigenvalue weighted by atomic mass is 9.99. The molecule has 0 atom stereocenters. The first-order valence-electron chi connectivity index (χ1n) is 8.20. The molecule has 3 heteroatoms. The molecule has 0 saturated carbocycles. The van der Waals surface area contributed by atoms with Crippen LogP contribution < -0.4 is 4.74 Å². The lowest BCUT2D eigenvalue weighted by molar-refractivity contribution is 0.0992. The highest BCUT2D eigenvalue weighted by Gasteiger charge is 2.13. The van der Waals surface area contributed by atoms with Gasteiger partial charge in [-0.25, -0.2) is 0 Å². The van der Waals surface area contributed by atoms with E-state index in [1.54, 1.807) is 31.4 Å². The Morgan fingerprint density at radius 2 is 1.48 bits per heavy atom. The molecule has 3 nitrogen and oxygen atoms in total. The Bertz CT molecular complexity index is 1070. The number of hydrogen-bond acceptors (Lipinski definition) is 3. The second-order valence-corrected chi connectivity index (χ2v) is 5.95. The lowest BCUT2D eigenvalue weighted by Gasteiger charge is -2.09. The van der Waals surface area contributed by atoms with Crippen molar-refractivity contribution < 1.29 is 9.53 Å². The maximum absolute atomic E-state index is 12.7. The van der Waals surface area contributed by atoms with Crippen LogP contribution in [-0.2, 0) is 6.42 Å². The number of pyridine rings is 1. The zero-order valence-corrected chi connectivity index (χ0v) is 13.9. The Morgan fingerprint density at radius 3 is 2.20 bits per heavy atom. The average Bonchev–Trinajstić information content (AvgIpc) is 2.68. The van der Waals surface area contributed by atoms with Crippen LogP contribution in [0.2, 0.25) is 0 Å². The quantitative estimate of drug-likeness (QED) is 0.398. The first kappa shape index (κ1) is 15.3. The standard InChI is InChI=1S/C22H17NO2/c1-25-16-12-10-15(11-13-16)22(24)14-21-19-8-3-2-6-17(19)18-7-4-5-9-20(18)23-21/h2-13H,14H2,1H3. The van der Waals surface area contributed by atoms with Gasteiger partial charge in [0.05, 0.1) is 24.7 Å². The number of ether oxygens (including phenoxy) is 1. The fourth-order valence-corrected chi connectivity index (χ4v) is 3.14. The zero-order valence-electron chi connectivity index (χ0n) is 13.9. The molecule has 4 aromatic rings. The van der Waals surface area contributed by atoms with Crippen molar-refractivity contribution in [3.05, 3.63) is 84.1 Å². The van der Waals surface area contributed by atoms with Gasteiger partial charge < -0.3 is 4.74 Å². The Morgan fingerprint density at radius 1 is 0.840 bits per heavy atom. The van der Waals surface area contributed by atoms with Crippen LogP contribution in [0.5, 0.6) is 5.75 Å². The molecule has 122 valence electrons. The van der Waals surface area contributed by atoms with Crippen molar-refractivity contribution in [2.24, 2.45) is 0 Å². The predicted molar refractivity (Wildman–Crippen MR) is 100 cm³/mol. The number of fused-ring (bicyclic) bond motifs is 3. The van der Waals surface area contributed by atoms with Crippen molar-refractivity contribution >= 4 is 27.5 Å². The molecule has 0 fully saturated rings. The second-order valence-electron chi connectivity index (χ2n) is 5.95. The van der Waals surface area contributed by atoms with Gasteiger partial charge in [-0.15, -0.1) is 0 Å². The van der Waals surface area contributed by atoms with Crippen LogP contribution in [-0.4, -0.2) is 17.9 Å². The highest BCUT2D eigenvalue weighted by Crippen LogP contribution is 2.27. The average molecular weight is 327 g/mol. The van der Waals surface area contributed by atoms with Gasteiger partial charge in [0.25, 0.3) is 0 Å². The van der Waals surface area contributed by atoms with Crippen molar-refractivity contribution in [2.45, 2.75) is 6.42 Å². The number of rotatable bonds is 4. The summed E-state index contributed by atoms with van der Waals surface area (Å²) in [7, 11) is 1.61. The first-order valence-corrected chi connectivity index (χ1v) is 8.20. The van der Waals surface area contributed by atoms with E-state index in [0.717, 1.165) is 33.1 Å². The van der Waals surface area contributed by atoms with E-state index in [-0.39, 0.29) is 12.2 Å². The summed E-state index contributed by atoms with van der Waals surface area (Å²) in [5, 5.41) is 3.27. The molecule has 0 bridgehead atoms. The lowest BCUT2D eigenvalue weighted by Crippen LogP contribution is -2.06. The number of ketones is 1. The minimum atomic E-state index is 0.0515. The number of para-hydroxylation sites is 1. The molecule has 0 aliphatic carbocycles. The monoisotopic (exact) mass is 327 g/mol. The molecule has 0 aliphatic rings. The third-order valence-corrected chi connectivity index (χ3v) is 4.43. The largest absolute Gasteiger partial charge is 0.497 e. The predicted octanol–water partition coefficient (Wildman–Crippen LogP) is 4.82.